The van der Waals surface area contributed by atoms with Crippen LogP contribution in [0.2, 0.25) is 0 Å². The minimum absolute atomic E-state index is 0.208. The van der Waals surface area contributed by atoms with Crippen molar-refractivity contribution in [2.75, 3.05) is 0 Å². The lowest BCUT2D eigenvalue weighted by Crippen LogP contribution is -2.12. The Morgan fingerprint density at radius 3 is 3.05 bits per heavy atom. The lowest BCUT2D eigenvalue weighted by atomic mass is 10.2. The molecule has 0 aliphatic rings. The molecule has 114 valence electrons. The second-order valence-electron chi connectivity index (χ2n) is 4.84. The minimum Gasteiger partial charge on any atom is -0.478 e. The van der Waals surface area contributed by atoms with Gasteiger partial charge in [0.2, 0.25) is 0 Å². The highest BCUT2D eigenvalue weighted by molar-refractivity contribution is 7.13. The van der Waals surface area contributed by atoms with Crippen LogP contribution >= 0.6 is 11.3 Å². The Balaban J connectivity index is 1.64. The third-order valence-corrected chi connectivity index (χ3v) is 4.19. The van der Waals surface area contributed by atoms with E-state index in [9.17, 15) is 4.79 Å². The summed E-state index contributed by atoms with van der Waals surface area (Å²) < 4.78 is 5.43. The van der Waals surface area contributed by atoms with Gasteiger partial charge in [-0.25, -0.2) is 4.79 Å². The second-order valence-corrected chi connectivity index (χ2v) is 5.79. The number of H-pyrrole nitrogens is 1. The number of rotatable bonds is 6. The van der Waals surface area contributed by atoms with Gasteiger partial charge in [0.1, 0.15) is 17.1 Å². The van der Waals surface area contributed by atoms with Gasteiger partial charge in [-0.15, -0.1) is 11.3 Å². The van der Waals surface area contributed by atoms with E-state index in [0.717, 1.165) is 16.1 Å². The molecule has 0 aliphatic heterocycles. The fraction of sp³-hybridized carbons (Fsp3) is 0.200. The van der Waals surface area contributed by atoms with Crippen molar-refractivity contribution in [1.82, 2.24) is 15.5 Å². The zero-order valence-electron chi connectivity index (χ0n) is 11.9. The van der Waals surface area contributed by atoms with Gasteiger partial charge in [-0.2, -0.15) is 5.10 Å². The van der Waals surface area contributed by atoms with Crippen LogP contribution in [0.25, 0.3) is 10.6 Å². The van der Waals surface area contributed by atoms with E-state index < -0.39 is 5.97 Å². The van der Waals surface area contributed by atoms with Gasteiger partial charge in [-0.3, -0.25) is 5.10 Å². The van der Waals surface area contributed by atoms with Crippen molar-refractivity contribution in [2.24, 2.45) is 0 Å². The number of thiophene rings is 1. The molecule has 3 heterocycles. The number of furan rings is 1. The zero-order chi connectivity index (χ0) is 15.5. The highest BCUT2D eigenvalue weighted by atomic mass is 32.1. The summed E-state index contributed by atoms with van der Waals surface area (Å²) in [6, 6.07) is 5.59. The van der Waals surface area contributed by atoms with E-state index in [4.69, 9.17) is 9.52 Å². The van der Waals surface area contributed by atoms with Gasteiger partial charge in [0, 0.05) is 12.1 Å². The first-order valence-corrected chi connectivity index (χ1v) is 7.62. The van der Waals surface area contributed by atoms with Crippen LogP contribution in [0.1, 0.15) is 27.4 Å². The number of carboxylic acid groups (broad SMARTS) is 1. The number of carboxylic acids is 1. The Labute approximate surface area is 130 Å². The average Bonchev–Trinajstić information content (AvgIpc) is 3.18. The van der Waals surface area contributed by atoms with Crippen molar-refractivity contribution in [3.8, 4) is 10.6 Å². The second kappa shape index (κ2) is 6.17. The van der Waals surface area contributed by atoms with Crippen molar-refractivity contribution >= 4 is 17.3 Å². The van der Waals surface area contributed by atoms with Crippen LogP contribution in [0.15, 0.2) is 34.2 Å². The molecular weight excluding hydrogens is 302 g/mol. The highest BCUT2D eigenvalue weighted by Gasteiger charge is 2.14. The predicted molar refractivity (Wildman–Crippen MR) is 82.8 cm³/mol. The summed E-state index contributed by atoms with van der Waals surface area (Å²) in [6.45, 7) is 2.73. The molecule has 0 atom stereocenters. The van der Waals surface area contributed by atoms with Crippen molar-refractivity contribution < 1.29 is 14.3 Å². The molecule has 3 aromatic heterocycles. The molecule has 3 N–H and O–H groups in total. The lowest BCUT2D eigenvalue weighted by Gasteiger charge is -2.03. The van der Waals surface area contributed by atoms with E-state index in [0.29, 0.717) is 24.6 Å². The molecule has 0 radical (unpaired) electrons. The molecule has 0 spiro atoms. The first-order chi connectivity index (χ1) is 10.6. The number of nitrogens with zero attached hydrogens (tertiary/aromatic N) is 1. The van der Waals surface area contributed by atoms with Crippen LogP contribution in [0.4, 0.5) is 0 Å². The Kier molecular flexibility index (Phi) is 4.08. The van der Waals surface area contributed by atoms with E-state index >= 15 is 0 Å². The maximum Gasteiger partial charge on any atom is 0.339 e. The largest absolute Gasteiger partial charge is 0.478 e. The molecule has 6 nitrogen and oxygen atoms in total. The number of aromatic carboxylic acids is 1. The molecule has 0 saturated carbocycles. The quantitative estimate of drug-likeness (QED) is 0.650. The Bertz CT molecular complexity index is 774. The number of nitrogens with one attached hydrogen (secondary N) is 2. The Morgan fingerprint density at radius 1 is 1.50 bits per heavy atom. The van der Waals surface area contributed by atoms with Crippen LogP contribution in [0, 0.1) is 6.92 Å². The fourth-order valence-electron chi connectivity index (χ4n) is 2.24. The molecule has 0 aromatic carbocycles. The van der Waals surface area contributed by atoms with Crippen LogP contribution < -0.4 is 5.32 Å². The summed E-state index contributed by atoms with van der Waals surface area (Å²) in [6.07, 6.45) is 1.79. The smallest absolute Gasteiger partial charge is 0.339 e. The fourth-order valence-corrected chi connectivity index (χ4v) is 3.00. The van der Waals surface area contributed by atoms with Crippen LogP contribution in [0.3, 0.4) is 0 Å². The van der Waals surface area contributed by atoms with Gasteiger partial charge in [-0.1, -0.05) is 6.07 Å². The predicted octanol–water partition coefficient (Wildman–Crippen LogP) is 3.03. The van der Waals surface area contributed by atoms with E-state index in [-0.39, 0.29) is 5.56 Å². The summed E-state index contributed by atoms with van der Waals surface area (Å²) in [7, 11) is 0. The maximum atomic E-state index is 11.0. The normalized spacial score (nSPS) is 11.0. The van der Waals surface area contributed by atoms with E-state index in [1.165, 1.54) is 0 Å². The third kappa shape index (κ3) is 2.95. The number of carbonyl (C=O) groups is 1. The van der Waals surface area contributed by atoms with Gasteiger partial charge in [0.05, 0.1) is 23.3 Å². The van der Waals surface area contributed by atoms with Crippen LogP contribution in [-0.4, -0.2) is 21.3 Å². The number of aromatic amines is 1. The summed E-state index contributed by atoms with van der Waals surface area (Å²) >= 11 is 1.65. The molecule has 0 bridgehead atoms. The van der Waals surface area contributed by atoms with Gasteiger partial charge < -0.3 is 14.8 Å². The molecule has 0 saturated heterocycles. The van der Waals surface area contributed by atoms with E-state index in [2.05, 4.69) is 15.5 Å². The van der Waals surface area contributed by atoms with Gasteiger partial charge in [0.15, 0.2) is 0 Å². The SMILES string of the molecule is Cc1oc(CNCc2cn[nH]c2-c2cccs2)cc1C(=O)O. The van der Waals surface area contributed by atoms with Gasteiger partial charge in [-0.05, 0) is 24.4 Å². The molecule has 0 aliphatic carbocycles. The number of aromatic nitrogens is 2. The van der Waals surface area contributed by atoms with Crippen molar-refractivity contribution in [3.05, 3.63) is 52.4 Å². The van der Waals surface area contributed by atoms with Gasteiger partial charge in [0.25, 0.3) is 0 Å². The Hall–Kier alpha value is -2.38. The third-order valence-electron chi connectivity index (χ3n) is 3.30. The van der Waals surface area contributed by atoms with Crippen molar-refractivity contribution in [2.45, 2.75) is 20.0 Å². The molecule has 7 heteroatoms. The van der Waals surface area contributed by atoms with Crippen LogP contribution in [0.5, 0.6) is 0 Å². The summed E-state index contributed by atoms with van der Waals surface area (Å²) in [5.74, 6) is 0.0604. The molecule has 3 rings (SSSR count). The molecule has 0 fully saturated rings. The number of aryl methyl sites for hydroxylation is 1. The number of hydrogen-bond acceptors (Lipinski definition) is 5. The molecule has 22 heavy (non-hydrogen) atoms. The van der Waals surface area contributed by atoms with E-state index in [1.54, 1.807) is 30.5 Å². The summed E-state index contributed by atoms with van der Waals surface area (Å²) in [5.41, 5.74) is 2.27. The molecular formula is C15H15N3O3S. The molecule has 0 unspecified atom stereocenters. The van der Waals surface area contributed by atoms with Gasteiger partial charge >= 0.3 is 5.97 Å². The maximum absolute atomic E-state index is 11.0. The summed E-state index contributed by atoms with van der Waals surface area (Å²) in [5, 5.41) is 21.4. The number of hydrogen-bond donors (Lipinski definition) is 3. The lowest BCUT2D eigenvalue weighted by molar-refractivity contribution is 0.0695. The van der Waals surface area contributed by atoms with Crippen molar-refractivity contribution in [1.29, 1.82) is 0 Å². The van der Waals surface area contributed by atoms with Crippen LogP contribution in [-0.2, 0) is 13.1 Å². The molecule has 3 aromatic rings. The minimum atomic E-state index is -0.970. The van der Waals surface area contributed by atoms with Crippen molar-refractivity contribution in [3.63, 3.8) is 0 Å². The zero-order valence-corrected chi connectivity index (χ0v) is 12.7. The standard InChI is InChI=1S/C15H15N3O3S/c1-9-12(15(19)20)5-11(21-9)8-16-6-10-7-17-18-14(10)13-3-2-4-22-13/h2-5,7,16H,6,8H2,1H3,(H,17,18)(H,19,20). The first-order valence-electron chi connectivity index (χ1n) is 6.74. The monoisotopic (exact) mass is 317 g/mol. The van der Waals surface area contributed by atoms with E-state index in [1.807, 2.05) is 17.5 Å². The first kappa shape index (κ1) is 14.6. The average molecular weight is 317 g/mol. The molecule has 0 amide bonds. The summed E-state index contributed by atoms with van der Waals surface area (Å²) in [4.78, 5) is 12.1. The topological polar surface area (TPSA) is 91.2 Å². The Morgan fingerprint density at radius 2 is 2.36 bits per heavy atom. The highest BCUT2D eigenvalue weighted by Crippen LogP contribution is 2.25.